The zero-order valence-electron chi connectivity index (χ0n) is 16.7. The average molecular weight is 400 g/mol. The maximum atomic E-state index is 9.26. The first-order valence-electron chi connectivity index (χ1n) is 9.73. The van der Waals surface area contributed by atoms with Gasteiger partial charge in [0, 0.05) is 0 Å². The Bertz CT molecular complexity index is 1170. The van der Waals surface area contributed by atoms with Crippen molar-refractivity contribution >= 4 is 7.69 Å². The summed E-state index contributed by atoms with van der Waals surface area (Å²) >= 11 is 0. The van der Waals surface area contributed by atoms with Gasteiger partial charge in [-0.1, -0.05) is 60.7 Å². The predicted octanol–water partition coefficient (Wildman–Crippen LogP) is 5.49. The first kappa shape index (κ1) is 19.8. The molecule has 0 aliphatic rings. The van der Waals surface area contributed by atoms with E-state index in [-0.39, 0.29) is 7.69 Å². The van der Waals surface area contributed by atoms with Crippen LogP contribution in [0.4, 0.5) is 0 Å². The normalized spacial score (nSPS) is 9.87. The van der Waals surface area contributed by atoms with Gasteiger partial charge in [-0.3, -0.25) is 0 Å². The molecule has 0 aromatic heterocycles. The van der Waals surface area contributed by atoms with E-state index in [2.05, 4.69) is 12.1 Å². The van der Waals surface area contributed by atoms with Gasteiger partial charge in [-0.05, 0) is 58.7 Å². The van der Waals surface area contributed by atoms with Crippen LogP contribution in [0.25, 0.3) is 22.3 Å². The second-order valence-corrected chi connectivity index (χ2v) is 6.77. The molecule has 5 heteroatoms. The minimum Gasteiger partial charge on any atom is -0.529 e. The van der Waals surface area contributed by atoms with Crippen LogP contribution in [0.3, 0.4) is 0 Å². The van der Waals surface area contributed by atoms with Gasteiger partial charge in [0.25, 0.3) is 0 Å². The topological polar surface area (TPSA) is 66.0 Å². The first-order chi connectivity index (χ1) is 15.3. The van der Waals surface area contributed by atoms with Crippen molar-refractivity contribution < 1.29 is 9.31 Å². The van der Waals surface area contributed by atoms with Crippen LogP contribution in [-0.4, -0.2) is 7.69 Å². The Hall–Kier alpha value is -4.48. The van der Waals surface area contributed by atoms with E-state index in [0.717, 1.165) is 22.3 Å². The van der Waals surface area contributed by atoms with Gasteiger partial charge < -0.3 is 9.31 Å². The zero-order chi connectivity index (χ0) is 21.5. The molecule has 4 aromatic rings. The maximum absolute atomic E-state index is 9.26. The Morgan fingerprint density at radius 1 is 0.516 bits per heavy atom. The van der Waals surface area contributed by atoms with Crippen LogP contribution in [0.2, 0.25) is 0 Å². The van der Waals surface area contributed by atoms with Gasteiger partial charge in [0.15, 0.2) is 0 Å². The van der Waals surface area contributed by atoms with Gasteiger partial charge in [-0.2, -0.15) is 10.5 Å². The molecule has 0 heterocycles. The van der Waals surface area contributed by atoms with Crippen LogP contribution in [-0.2, 0) is 0 Å². The molecule has 0 saturated heterocycles. The van der Waals surface area contributed by atoms with Crippen molar-refractivity contribution in [2.75, 3.05) is 0 Å². The summed E-state index contributed by atoms with van der Waals surface area (Å²) in [7, 11) is 0.0717. The molecule has 146 valence electrons. The van der Waals surface area contributed by atoms with Crippen LogP contribution in [0.15, 0.2) is 97.1 Å². The molecular weight excluding hydrogens is 383 g/mol. The first-order valence-corrected chi connectivity index (χ1v) is 9.73. The number of hydrogen-bond acceptors (Lipinski definition) is 4. The van der Waals surface area contributed by atoms with E-state index < -0.39 is 0 Å². The van der Waals surface area contributed by atoms with E-state index in [9.17, 15) is 10.5 Å². The molecule has 0 saturated carbocycles. The highest BCUT2D eigenvalue weighted by atomic mass is 16.6. The van der Waals surface area contributed by atoms with Crippen molar-refractivity contribution in [3.63, 3.8) is 0 Å². The summed E-state index contributed by atoms with van der Waals surface area (Å²) in [6.45, 7) is 0. The Morgan fingerprint density at radius 2 is 0.903 bits per heavy atom. The lowest BCUT2D eigenvalue weighted by Gasteiger charge is -2.10. The lowest BCUT2D eigenvalue weighted by Crippen LogP contribution is -2.10. The third-order valence-corrected chi connectivity index (χ3v) is 4.88. The standard InChI is InChI=1S/C26H17BN2O2/c28-17-21-5-1-3-7-25(21)19-9-13-23(14-10-19)30-27-31-24-15-11-20(12-16-24)26-8-4-2-6-22(26)18-29/h1-16,27H. The zero-order valence-corrected chi connectivity index (χ0v) is 16.7. The lowest BCUT2D eigenvalue weighted by atomic mass is 10.0. The van der Waals surface area contributed by atoms with E-state index in [0.29, 0.717) is 22.6 Å². The van der Waals surface area contributed by atoms with Gasteiger partial charge in [0.2, 0.25) is 0 Å². The van der Waals surface area contributed by atoms with E-state index in [1.807, 2.05) is 84.9 Å². The number of nitrogens with zero attached hydrogens (tertiary/aromatic N) is 2. The van der Waals surface area contributed by atoms with Crippen molar-refractivity contribution in [1.82, 2.24) is 0 Å². The van der Waals surface area contributed by atoms with E-state index in [4.69, 9.17) is 9.31 Å². The molecule has 0 aliphatic heterocycles. The van der Waals surface area contributed by atoms with Crippen molar-refractivity contribution in [1.29, 1.82) is 10.5 Å². The molecular formula is C26H17BN2O2. The van der Waals surface area contributed by atoms with Crippen LogP contribution in [0.1, 0.15) is 11.1 Å². The molecule has 0 fully saturated rings. The third-order valence-electron chi connectivity index (χ3n) is 4.88. The average Bonchev–Trinajstić information content (AvgIpc) is 2.85. The highest BCUT2D eigenvalue weighted by molar-refractivity contribution is 6.20. The SMILES string of the molecule is N#Cc1ccccc1-c1ccc(OBOc2ccc(-c3ccccc3C#N)cc2)cc1. The smallest absolute Gasteiger partial charge is 0.529 e. The Morgan fingerprint density at radius 3 is 1.29 bits per heavy atom. The molecule has 0 spiro atoms. The fourth-order valence-corrected chi connectivity index (χ4v) is 3.29. The molecule has 0 amide bonds. The molecule has 0 aliphatic carbocycles. The fraction of sp³-hybridized carbons (Fsp3) is 0. The van der Waals surface area contributed by atoms with Crippen molar-refractivity contribution in [2.24, 2.45) is 0 Å². The summed E-state index contributed by atoms with van der Waals surface area (Å²) in [4.78, 5) is 0. The summed E-state index contributed by atoms with van der Waals surface area (Å²) in [5.74, 6) is 1.36. The van der Waals surface area contributed by atoms with E-state index in [1.54, 1.807) is 12.1 Å². The molecule has 0 bridgehead atoms. The molecule has 0 N–H and O–H groups in total. The molecule has 4 nitrogen and oxygen atoms in total. The van der Waals surface area contributed by atoms with Gasteiger partial charge in [-0.25, -0.2) is 0 Å². The fourth-order valence-electron chi connectivity index (χ4n) is 3.29. The summed E-state index contributed by atoms with van der Waals surface area (Å²) in [6, 6.07) is 34.5. The highest BCUT2D eigenvalue weighted by Gasteiger charge is 2.07. The lowest BCUT2D eigenvalue weighted by molar-refractivity contribution is 0.459. The Balaban J connectivity index is 1.36. The monoisotopic (exact) mass is 400 g/mol. The summed E-state index contributed by atoms with van der Waals surface area (Å²) in [5, 5.41) is 18.5. The van der Waals surface area contributed by atoms with Gasteiger partial charge >= 0.3 is 7.69 Å². The van der Waals surface area contributed by atoms with Crippen molar-refractivity contribution in [3.8, 4) is 45.9 Å². The second-order valence-electron chi connectivity index (χ2n) is 6.77. The summed E-state index contributed by atoms with van der Waals surface area (Å²) in [5.41, 5.74) is 4.98. The maximum Gasteiger partial charge on any atom is 0.576 e. The van der Waals surface area contributed by atoms with Crippen LogP contribution in [0.5, 0.6) is 11.5 Å². The predicted molar refractivity (Wildman–Crippen MR) is 122 cm³/mol. The summed E-state index contributed by atoms with van der Waals surface area (Å²) < 4.78 is 11.4. The molecule has 0 atom stereocenters. The van der Waals surface area contributed by atoms with Crippen LogP contribution < -0.4 is 9.31 Å². The minimum atomic E-state index is 0.0717. The second kappa shape index (κ2) is 9.35. The number of hydrogen-bond donors (Lipinski definition) is 0. The Kier molecular flexibility index (Phi) is 5.98. The minimum absolute atomic E-state index is 0.0717. The van der Waals surface area contributed by atoms with Crippen LogP contribution in [0, 0.1) is 22.7 Å². The van der Waals surface area contributed by atoms with Gasteiger partial charge in [0.05, 0.1) is 23.3 Å². The number of rotatable bonds is 6. The third kappa shape index (κ3) is 4.58. The molecule has 31 heavy (non-hydrogen) atoms. The quantitative estimate of drug-likeness (QED) is 0.402. The number of benzene rings is 4. The van der Waals surface area contributed by atoms with Crippen LogP contribution >= 0.6 is 0 Å². The summed E-state index contributed by atoms with van der Waals surface area (Å²) in [6.07, 6.45) is 0. The molecule has 4 rings (SSSR count). The van der Waals surface area contributed by atoms with Gasteiger partial charge in [0.1, 0.15) is 11.5 Å². The van der Waals surface area contributed by atoms with E-state index in [1.165, 1.54) is 0 Å². The number of nitriles is 2. The Labute approximate surface area is 181 Å². The van der Waals surface area contributed by atoms with Gasteiger partial charge in [-0.15, -0.1) is 0 Å². The van der Waals surface area contributed by atoms with Crippen molar-refractivity contribution in [3.05, 3.63) is 108 Å². The van der Waals surface area contributed by atoms with Crippen molar-refractivity contribution in [2.45, 2.75) is 0 Å². The molecule has 0 radical (unpaired) electrons. The molecule has 4 aromatic carbocycles. The largest absolute Gasteiger partial charge is 0.576 e. The highest BCUT2D eigenvalue weighted by Crippen LogP contribution is 2.27. The molecule has 0 unspecified atom stereocenters. The van der Waals surface area contributed by atoms with E-state index >= 15 is 0 Å².